The van der Waals surface area contributed by atoms with Gasteiger partial charge < -0.3 is 14.2 Å². The van der Waals surface area contributed by atoms with Crippen LogP contribution in [-0.4, -0.2) is 37.6 Å². The summed E-state index contributed by atoms with van der Waals surface area (Å²) in [7, 11) is 4.48. The molecule has 0 atom stereocenters. The molecule has 0 unspecified atom stereocenters. The molecule has 0 amide bonds. The number of aromatic nitrogens is 1. The summed E-state index contributed by atoms with van der Waals surface area (Å²) in [6.07, 6.45) is 1.67. The van der Waals surface area contributed by atoms with E-state index < -0.39 is 0 Å². The monoisotopic (exact) mass is 455 g/mol. The van der Waals surface area contributed by atoms with E-state index >= 15 is 0 Å². The van der Waals surface area contributed by atoms with Gasteiger partial charge in [-0.25, -0.2) is 0 Å². The molecule has 0 fully saturated rings. The van der Waals surface area contributed by atoms with Gasteiger partial charge in [0.05, 0.1) is 26.8 Å². The third kappa shape index (κ3) is 3.94. The van der Waals surface area contributed by atoms with Crippen LogP contribution in [0.15, 0.2) is 73.4 Å². The van der Waals surface area contributed by atoms with Gasteiger partial charge in [-0.15, -0.1) is 0 Å². The standard InChI is InChI=1S/C28H25NO5/c1-17-10-12-19(13-11-17)28(31)29-16-22(21-8-6-7-9-23(21)29)18(2)26(30)20-14-24(32-3)27(34-5)25(15-20)33-4/h6-16H,2H2,1,3-5H3. The van der Waals surface area contributed by atoms with Crippen molar-refractivity contribution in [2.45, 2.75) is 6.92 Å². The summed E-state index contributed by atoms with van der Waals surface area (Å²) in [6, 6.07) is 18.0. The summed E-state index contributed by atoms with van der Waals surface area (Å²) in [5.74, 6) is 0.637. The van der Waals surface area contributed by atoms with Crippen LogP contribution in [-0.2, 0) is 0 Å². The van der Waals surface area contributed by atoms with Crippen LogP contribution in [0.5, 0.6) is 17.2 Å². The largest absolute Gasteiger partial charge is 0.493 e. The second-order valence-electron chi connectivity index (χ2n) is 7.82. The highest BCUT2D eigenvalue weighted by Crippen LogP contribution is 2.39. The van der Waals surface area contributed by atoms with Gasteiger partial charge in [0.15, 0.2) is 17.3 Å². The first-order valence-electron chi connectivity index (χ1n) is 10.6. The fraction of sp³-hybridized carbons (Fsp3) is 0.143. The Balaban J connectivity index is 1.79. The molecule has 0 spiro atoms. The van der Waals surface area contributed by atoms with Crippen molar-refractivity contribution in [1.29, 1.82) is 0 Å². The molecule has 4 rings (SSSR count). The molecule has 0 aliphatic rings. The van der Waals surface area contributed by atoms with Crippen LogP contribution in [0, 0.1) is 6.92 Å². The van der Waals surface area contributed by atoms with Crippen molar-refractivity contribution in [3.63, 3.8) is 0 Å². The molecule has 3 aromatic carbocycles. The van der Waals surface area contributed by atoms with Crippen LogP contribution in [0.2, 0.25) is 0 Å². The summed E-state index contributed by atoms with van der Waals surface area (Å²) >= 11 is 0. The van der Waals surface area contributed by atoms with E-state index in [0.717, 1.165) is 10.9 Å². The number of hydrogen-bond donors (Lipinski definition) is 0. The molecule has 6 heteroatoms. The summed E-state index contributed by atoms with van der Waals surface area (Å²) in [4.78, 5) is 26.8. The number of carbonyl (C=O) groups excluding carboxylic acids is 2. The molecule has 0 N–H and O–H groups in total. The molecule has 1 heterocycles. The lowest BCUT2D eigenvalue weighted by Crippen LogP contribution is -2.10. The smallest absolute Gasteiger partial charge is 0.262 e. The van der Waals surface area contributed by atoms with E-state index in [2.05, 4.69) is 6.58 Å². The number of ether oxygens (including phenoxy) is 3. The van der Waals surface area contributed by atoms with Crippen molar-refractivity contribution in [3.05, 3.63) is 95.7 Å². The number of hydrogen-bond acceptors (Lipinski definition) is 5. The zero-order chi connectivity index (χ0) is 24.4. The number of para-hydroxylation sites is 1. The summed E-state index contributed by atoms with van der Waals surface area (Å²) in [6.45, 7) is 6.04. The first-order chi connectivity index (χ1) is 16.4. The van der Waals surface area contributed by atoms with Crippen molar-refractivity contribution in [2.24, 2.45) is 0 Å². The molecule has 172 valence electrons. The number of methoxy groups -OCH3 is 3. The fourth-order valence-electron chi connectivity index (χ4n) is 3.93. The number of allylic oxidation sites excluding steroid dienone is 1. The van der Waals surface area contributed by atoms with E-state index in [1.165, 1.54) is 21.3 Å². The molecule has 0 bridgehead atoms. The average Bonchev–Trinajstić information content (AvgIpc) is 3.26. The lowest BCUT2D eigenvalue weighted by molar-refractivity contribution is 0.0963. The lowest BCUT2D eigenvalue weighted by Gasteiger charge is -2.14. The number of benzene rings is 3. The van der Waals surface area contributed by atoms with Crippen LogP contribution >= 0.6 is 0 Å². The lowest BCUT2D eigenvalue weighted by atomic mass is 9.97. The molecule has 0 aliphatic carbocycles. The number of carbonyl (C=O) groups is 2. The Bertz CT molecular complexity index is 1390. The number of ketones is 1. The first kappa shape index (κ1) is 22.9. The highest BCUT2D eigenvalue weighted by atomic mass is 16.5. The van der Waals surface area contributed by atoms with Gasteiger partial charge in [0.1, 0.15) is 0 Å². The van der Waals surface area contributed by atoms with E-state index in [1.54, 1.807) is 35.0 Å². The topological polar surface area (TPSA) is 66.8 Å². The van der Waals surface area contributed by atoms with Gasteiger partial charge in [0.25, 0.3) is 5.91 Å². The maximum atomic E-state index is 13.5. The Labute approximate surface area is 198 Å². The SMILES string of the molecule is C=C(C(=O)c1cc(OC)c(OC)c(OC)c1)c1cn(C(=O)c2ccc(C)cc2)c2ccccc12. The molecule has 0 aliphatic heterocycles. The predicted molar refractivity (Wildman–Crippen MR) is 132 cm³/mol. The zero-order valence-electron chi connectivity index (χ0n) is 19.5. The van der Waals surface area contributed by atoms with Crippen LogP contribution in [0.1, 0.15) is 31.8 Å². The Morgan fingerprint density at radius 1 is 0.824 bits per heavy atom. The highest BCUT2D eigenvalue weighted by Gasteiger charge is 2.23. The molecule has 0 saturated heterocycles. The van der Waals surface area contributed by atoms with Crippen LogP contribution < -0.4 is 14.2 Å². The van der Waals surface area contributed by atoms with Gasteiger partial charge in [-0.1, -0.05) is 42.5 Å². The predicted octanol–water partition coefficient (Wildman–Crippen LogP) is 5.56. The molecular weight excluding hydrogens is 430 g/mol. The fourth-order valence-corrected chi connectivity index (χ4v) is 3.93. The minimum atomic E-state index is -0.315. The van der Waals surface area contributed by atoms with Gasteiger partial charge in [-0.05, 0) is 37.3 Å². The van der Waals surface area contributed by atoms with E-state index in [9.17, 15) is 9.59 Å². The number of nitrogens with zero attached hydrogens (tertiary/aromatic N) is 1. The summed E-state index contributed by atoms with van der Waals surface area (Å²) in [5.41, 5.74) is 3.48. The zero-order valence-corrected chi connectivity index (χ0v) is 19.5. The third-order valence-corrected chi connectivity index (χ3v) is 5.76. The molecular formula is C28H25NO5. The first-order valence-corrected chi connectivity index (χ1v) is 10.6. The van der Waals surface area contributed by atoms with E-state index in [1.807, 2.05) is 43.3 Å². The Hall–Kier alpha value is -4.32. The van der Waals surface area contributed by atoms with E-state index in [0.29, 0.717) is 39.5 Å². The third-order valence-electron chi connectivity index (χ3n) is 5.76. The minimum Gasteiger partial charge on any atom is -0.493 e. The van der Waals surface area contributed by atoms with Crippen molar-refractivity contribution >= 4 is 28.2 Å². The quantitative estimate of drug-likeness (QED) is 0.270. The number of fused-ring (bicyclic) bond motifs is 1. The maximum absolute atomic E-state index is 13.5. The Morgan fingerprint density at radius 3 is 2.03 bits per heavy atom. The molecule has 0 saturated carbocycles. The molecule has 0 radical (unpaired) electrons. The van der Waals surface area contributed by atoms with Gasteiger partial charge in [0.2, 0.25) is 5.75 Å². The Kier molecular flexibility index (Phi) is 6.23. The molecule has 1 aromatic heterocycles. The second kappa shape index (κ2) is 9.27. The van der Waals surface area contributed by atoms with Crippen molar-refractivity contribution in [3.8, 4) is 17.2 Å². The van der Waals surface area contributed by atoms with Crippen LogP contribution in [0.25, 0.3) is 16.5 Å². The maximum Gasteiger partial charge on any atom is 0.262 e. The number of rotatable bonds is 7. The second-order valence-corrected chi connectivity index (χ2v) is 7.82. The Morgan fingerprint density at radius 2 is 1.44 bits per heavy atom. The van der Waals surface area contributed by atoms with Gasteiger partial charge in [-0.2, -0.15) is 0 Å². The molecule has 34 heavy (non-hydrogen) atoms. The number of aryl methyl sites for hydroxylation is 1. The van der Waals surface area contributed by atoms with Gasteiger partial charge in [-0.3, -0.25) is 14.2 Å². The molecule has 6 nitrogen and oxygen atoms in total. The average molecular weight is 456 g/mol. The summed E-state index contributed by atoms with van der Waals surface area (Å²) in [5, 5.41) is 0.758. The van der Waals surface area contributed by atoms with E-state index in [-0.39, 0.29) is 17.3 Å². The van der Waals surface area contributed by atoms with Crippen molar-refractivity contribution < 1.29 is 23.8 Å². The van der Waals surface area contributed by atoms with Gasteiger partial charge >= 0.3 is 0 Å². The highest BCUT2D eigenvalue weighted by molar-refractivity contribution is 6.31. The normalized spacial score (nSPS) is 10.7. The number of Topliss-reactive ketones (excluding diaryl/α,β-unsaturated/α-hetero) is 1. The van der Waals surface area contributed by atoms with Gasteiger partial charge in [0, 0.05) is 33.8 Å². The minimum absolute atomic E-state index is 0.185. The van der Waals surface area contributed by atoms with Crippen molar-refractivity contribution in [1.82, 2.24) is 4.57 Å². The molecule has 4 aromatic rings. The van der Waals surface area contributed by atoms with Crippen molar-refractivity contribution in [2.75, 3.05) is 21.3 Å². The van der Waals surface area contributed by atoms with Crippen LogP contribution in [0.3, 0.4) is 0 Å². The summed E-state index contributed by atoms with van der Waals surface area (Å²) < 4.78 is 17.7. The van der Waals surface area contributed by atoms with Crippen LogP contribution in [0.4, 0.5) is 0 Å². The van der Waals surface area contributed by atoms with E-state index in [4.69, 9.17) is 14.2 Å².